The van der Waals surface area contributed by atoms with E-state index in [1.807, 2.05) is 0 Å². The van der Waals surface area contributed by atoms with Crippen LogP contribution in [0.3, 0.4) is 0 Å². The summed E-state index contributed by atoms with van der Waals surface area (Å²) in [4.78, 5) is 27.0. The van der Waals surface area contributed by atoms with Gasteiger partial charge in [0.05, 0.1) is 28.7 Å². The number of ether oxygens (including phenoxy) is 1. The van der Waals surface area contributed by atoms with E-state index in [-0.39, 0.29) is 11.5 Å². The second-order valence-electron chi connectivity index (χ2n) is 4.89. The number of phenolic OH excluding ortho intramolecular Hbond substituents is 1. The van der Waals surface area contributed by atoms with E-state index in [1.165, 1.54) is 19.4 Å². The van der Waals surface area contributed by atoms with E-state index in [0.717, 1.165) is 4.68 Å². The molecule has 0 aliphatic rings. The molecule has 24 heavy (non-hydrogen) atoms. The van der Waals surface area contributed by atoms with Crippen LogP contribution in [0.25, 0.3) is 10.9 Å². The van der Waals surface area contributed by atoms with Gasteiger partial charge in [-0.3, -0.25) is 4.79 Å². The molecule has 3 rings (SSSR count). The Morgan fingerprint density at radius 3 is 2.79 bits per heavy atom. The van der Waals surface area contributed by atoms with Crippen LogP contribution < -0.4 is 16.0 Å². The number of nitrogens with zero attached hydrogens (tertiary/aromatic N) is 2. The third-order valence-electron chi connectivity index (χ3n) is 3.38. The van der Waals surface area contributed by atoms with Crippen LogP contribution >= 0.6 is 15.9 Å². The summed E-state index contributed by atoms with van der Waals surface area (Å²) >= 11 is 3.20. The second-order valence-corrected chi connectivity index (χ2v) is 5.75. The quantitative estimate of drug-likeness (QED) is 0.669. The Morgan fingerprint density at radius 2 is 2.04 bits per heavy atom. The molecule has 0 aliphatic carbocycles. The van der Waals surface area contributed by atoms with E-state index in [1.54, 1.807) is 30.3 Å². The molecule has 3 aromatic rings. The van der Waals surface area contributed by atoms with E-state index in [9.17, 15) is 14.7 Å². The Balaban J connectivity index is 2.10. The number of para-hydroxylation sites is 1. The summed E-state index contributed by atoms with van der Waals surface area (Å²) in [5.74, 6) is 0.195. The molecule has 2 aromatic carbocycles. The van der Waals surface area contributed by atoms with Gasteiger partial charge in [0.25, 0.3) is 5.56 Å². The Bertz CT molecular complexity index is 1070. The monoisotopic (exact) mass is 389 g/mol. The molecule has 0 bridgehead atoms. The number of aromatic nitrogens is 2. The lowest BCUT2D eigenvalue weighted by Crippen LogP contribution is -2.32. The van der Waals surface area contributed by atoms with Crippen molar-refractivity contribution in [3.63, 3.8) is 0 Å². The molecule has 7 nitrogen and oxygen atoms in total. The number of aromatic hydroxyl groups is 1. The maximum atomic E-state index is 12.4. The normalized spacial score (nSPS) is 11.2. The van der Waals surface area contributed by atoms with Gasteiger partial charge in [-0.05, 0) is 45.8 Å². The lowest BCUT2D eigenvalue weighted by molar-refractivity contribution is 0.372. The van der Waals surface area contributed by atoms with Crippen molar-refractivity contribution in [2.45, 2.75) is 0 Å². The van der Waals surface area contributed by atoms with Crippen LogP contribution in [0.15, 0.2) is 55.6 Å². The number of fused-ring (bicyclic) bond motifs is 1. The lowest BCUT2D eigenvalue weighted by atomic mass is 10.2. The van der Waals surface area contributed by atoms with E-state index in [2.05, 4.69) is 26.0 Å². The van der Waals surface area contributed by atoms with Gasteiger partial charge >= 0.3 is 5.69 Å². The highest BCUT2D eigenvalue weighted by atomic mass is 79.9. The molecular formula is C16H12BrN3O4. The highest BCUT2D eigenvalue weighted by Gasteiger charge is 2.09. The van der Waals surface area contributed by atoms with Crippen LogP contribution in [0.2, 0.25) is 0 Å². The Morgan fingerprint density at radius 1 is 1.29 bits per heavy atom. The zero-order valence-electron chi connectivity index (χ0n) is 12.5. The highest BCUT2D eigenvalue weighted by molar-refractivity contribution is 9.10. The molecule has 2 N–H and O–H groups in total. The number of halogens is 1. The Hall–Kier alpha value is -2.87. The van der Waals surface area contributed by atoms with Crippen molar-refractivity contribution in [3.8, 4) is 11.5 Å². The Labute approximate surface area is 144 Å². The Kier molecular flexibility index (Phi) is 4.22. The van der Waals surface area contributed by atoms with E-state index >= 15 is 0 Å². The molecule has 0 fully saturated rings. The first-order chi connectivity index (χ1) is 11.5. The summed E-state index contributed by atoms with van der Waals surface area (Å²) in [5, 5.41) is 14.1. The molecule has 0 saturated heterocycles. The van der Waals surface area contributed by atoms with Crippen LogP contribution in [-0.4, -0.2) is 28.1 Å². The maximum absolute atomic E-state index is 12.4. The highest BCUT2D eigenvalue weighted by Crippen LogP contribution is 2.34. The predicted molar refractivity (Wildman–Crippen MR) is 94.2 cm³/mol. The molecule has 0 aliphatic heterocycles. The summed E-state index contributed by atoms with van der Waals surface area (Å²) in [5.41, 5.74) is -0.167. The number of nitrogens with one attached hydrogen (secondary N) is 1. The molecule has 122 valence electrons. The molecule has 0 atom stereocenters. The first-order valence-corrected chi connectivity index (χ1v) is 7.65. The number of rotatable bonds is 3. The minimum absolute atomic E-state index is 0.0460. The standard InChI is InChI=1S/C16H12BrN3O4/c1-24-13-7-9(6-11(17)14(13)21)8-18-20-15(22)10-4-2-3-5-12(10)19-16(20)23/h2-8,21H,1H3,(H,19,23). The zero-order valence-corrected chi connectivity index (χ0v) is 14.1. The molecule has 1 heterocycles. The fourth-order valence-corrected chi connectivity index (χ4v) is 2.67. The first-order valence-electron chi connectivity index (χ1n) is 6.86. The van der Waals surface area contributed by atoms with Crippen molar-refractivity contribution in [3.05, 3.63) is 67.3 Å². The van der Waals surface area contributed by atoms with E-state index < -0.39 is 11.2 Å². The van der Waals surface area contributed by atoms with Gasteiger partial charge in [0.15, 0.2) is 11.5 Å². The molecule has 0 spiro atoms. The molecule has 0 saturated carbocycles. The number of hydrogen-bond donors (Lipinski definition) is 2. The SMILES string of the molecule is COc1cc(C=Nn2c(=O)[nH]c3ccccc3c2=O)cc(Br)c1O. The molecule has 0 radical (unpaired) electrons. The minimum atomic E-state index is -0.639. The van der Waals surface area contributed by atoms with Crippen LogP contribution in [-0.2, 0) is 0 Å². The molecule has 0 amide bonds. The second kappa shape index (κ2) is 6.32. The number of H-pyrrole nitrogens is 1. The lowest BCUT2D eigenvalue weighted by Gasteiger charge is -2.06. The van der Waals surface area contributed by atoms with Crippen LogP contribution in [0, 0.1) is 0 Å². The van der Waals surface area contributed by atoms with E-state index in [4.69, 9.17) is 4.74 Å². The van der Waals surface area contributed by atoms with Gasteiger partial charge in [0.1, 0.15) is 0 Å². The number of aromatic amines is 1. The van der Waals surface area contributed by atoms with Crippen molar-refractivity contribution in [1.82, 2.24) is 9.66 Å². The fraction of sp³-hybridized carbons (Fsp3) is 0.0625. The minimum Gasteiger partial charge on any atom is -0.503 e. The number of hydrogen-bond acceptors (Lipinski definition) is 5. The summed E-state index contributed by atoms with van der Waals surface area (Å²) in [6, 6.07) is 9.81. The molecule has 8 heteroatoms. The van der Waals surface area contributed by atoms with Gasteiger partial charge < -0.3 is 14.8 Å². The van der Waals surface area contributed by atoms with Crippen molar-refractivity contribution in [2.24, 2.45) is 5.10 Å². The summed E-state index contributed by atoms with van der Waals surface area (Å²) < 4.78 is 6.20. The smallest absolute Gasteiger partial charge is 0.349 e. The average molecular weight is 390 g/mol. The zero-order chi connectivity index (χ0) is 17.3. The topological polar surface area (TPSA) is 96.7 Å². The van der Waals surface area contributed by atoms with Gasteiger partial charge in [0, 0.05) is 0 Å². The van der Waals surface area contributed by atoms with Crippen molar-refractivity contribution < 1.29 is 9.84 Å². The van der Waals surface area contributed by atoms with Crippen LogP contribution in [0.1, 0.15) is 5.56 Å². The van der Waals surface area contributed by atoms with Crippen molar-refractivity contribution in [2.75, 3.05) is 7.11 Å². The average Bonchev–Trinajstić information content (AvgIpc) is 2.57. The summed E-state index contributed by atoms with van der Waals surface area (Å²) in [7, 11) is 1.42. The van der Waals surface area contributed by atoms with Gasteiger partial charge in [-0.2, -0.15) is 5.10 Å². The number of phenols is 1. The maximum Gasteiger partial charge on any atom is 0.349 e. The largest absolute Gasteiger partial charge is 0.503 e. The fourth-order valence-electron chi connectivity index (χ4n) is 2.21. The third kappa shape index (κ3) is 2.83. The molecule has 0 unspecified atom stereocenters. The van der Waals surface area contributed by atoms with Crippen LogP contribution in [0.4, 0.5) is 0 Å². The van der Waals surface area contributed by atoms with Gasteiger partial charge in [-0.15, -0.1) is 4.68 Å². The molecule has 1 aromatic heterocycles. The van der Waals surface area contributed by atoms with Gasteiger partial charge in [-0.25, -0.2) is 4.79 Å². The first kappa shape index (κ1) is 16.0. The predicted octanol–water partition coefficient (Wildman–Crippen LogP) is 2.05. The summed E-state index contributed by atoms with van der Waals surface area (Å²) in [6.45, 7) is 0. The van der Waals surface area contributed by atoms with Gasteiger partial charge in [0.2, 0.25) is 0 Å². The van der Waals surface area contributed by atoms with Gasteiger partial charge in [-0.1, -0.05) is 12.1 Å². The molecular weight excluding hydrogens is 378 g/mol. The summed E-state index contributed by atoms with van der Waals surface area (Å²) in [6.07, 6.45) is 1.33. The third-order valence-corrected chi connectivity index (χ3v) is 3.98. The van der Waals surface area contributed by atoms with Crippen molar-refractivity contribution >= 4 is 33.0 Å². The number of benzene rings is 2. The van der Waals surface area contributed by atoms with Crippen molar-refractivity contribution in [1.29, 1.82) is 0 Å². The van der Waals surface area contributed by atoms with Crippen LogP contribution in [0.5, 0.6) is 11.5 Å². The van der Waals surface area contributed by atoms with E-state index in [0.29, 0.717) is 20.9 Å². The number of methoxy groups -OCH3 is 1.